The normalized spacial score (nSPS) is 21.2. The number of hydrogen-bond acceptors (Lipinski definition) is 11. The molecule has 0 aliphatic carbocycles. The zero-order chi connectivity index (χ0) is 39.9. The Hall–Kier alpha value is -1.87. The predicted octanol–water partition coefficient (Wildman–Crippen LogP) is 7.67. The van der Waals surface area contributed by atoms with E-state index in [0.717, 1.165) is 38.5 Å². The zero-order valence-corrected chi connectivity index (χ0v) is 34.1. The van der Waals surface area contributed by atoms with Gasteiger partial charge in [-0.05, 0) is 19.3 Å². The Bertz CT molecular complexity index is 1110. The molecule has 0 radical (unpaired) electrons. The third kappa shape index (κ3) is 26.9. The lowest BCUT2D eigenvalue weighted by atomic mass is 10.00. The second-order valence-corrected chi connectivity index (χ2v) is 16.2. The summed E-state index contributed by atoms with van der Waals surface area (Å²) < 4.78 is 53.7. The Morgan fingerprint density at radius 2 is 1.17 bits per heavy atom. The van der Waals surface area contributed by atoms with Crippen LogP contribution in [0, 0.1) is 0 Å². The Balaban J connectivity index is 2.55. The van der Waals surface area contributed by atoms with Gasteiger partial charge in [0.25, 0.3) is 10.1 Å². The molecular weight excluding hydrogens is 717 g/mol. The summed E-state index contributed by atoms with van der Waals surface area (Å²) >= 11 is 0. The Kier molecular flexibility index (Phi) is 29.9. The van der Waals surface area contributed by atoms with Crippen LogP contribution in [0.2, 0.25) is 0 Å². The summed E-state index contributed by atoms with van der Waals surface area (Å²) in [5, 5.41) is 30.8. The van der Waals surface area contributed by atoms with Crippen molar-refractivity contribution in [3.05, 3.63) is 24.3 Å². The summed E-state index contributed by atoms with van der Waals surface area (Å²) in [4.78, 5) is 25.2. The van der Waals surface area contributed by atoms with Crippen molar-refractivity contribution in [1.29, 1.82) is 0 Å². The Morgan fingerprint density at radius 1 is 0.667 bits per heavy atom. The summed E-state index contributed by atoms with van der Waals surface area (Å²) in [6.07, 6.45) is 24.4. The molecule has 0 aromatic rings. The summed E-state index contributed by atoms with van der Waals surface area (Å²) in [7, 11) is -4.61. The maximum absolute atomic E-state index is 12.6. The number of carbonyl (C=O) groups is 2. The molecule has 4 N–H and O–H groups in total. The van der Waals surface area contributed by atoms with Gasteiger partial charge in [-0.25, -0.2) is 4.79 Å². The summed E-state index contributed by atoms with van der Waals surface area (Å²) in [6.45, 7) is 3.64. The first-order valence-electron chi connectivity index (χ1n) is 20.9. The lowest BCUT2D eigenvalue weighted by molar-refractivity contribution is -0.297. The van der Waals surface area contributed by atoms with Crippen LogP contribution in [0.4, 0.5) is 0 Å². The fraction of sp³-hybridized carbons (Fsp3) is 0.854. The molecule has 2 unspecified atom stereocenters. The molecule has 54 heavy (non-hydrogen) atoms. The highest BCUT2D eigenvalue weighted by molar-refractivity contribution is 7.85. The van der Waals surface area contributed by atoms with E-state index >= 15 is 0 Å². The Labute approximate surface area is 326 Å². The van der Waals surface area contributed by atoms with Gasteiger partial charge in [0, 0.05) is 12.5 Å². The molecule has 0 bridgehead atoms. The van der Waals surface area contributed by atoms with Gasteiger partial charge in [-0.1, -0.05) is 160 Å². The molecule has 1 heterocycles. The molecule has 316 valence electrons. The molecule has 1 saturated heterocycles. The van der Waals surface area contributed by atoms with Gasteiger partial charge in [-0.2, -0.15) is 8.42 Å². The molecular formula is C41H74O12S. The molecule has 12 nitrogen and oxygen atoms in total. The summed E-state index contributed by atoms with van der Waals surface area (Å²) in [6, 6.07) is 0. The van der Waals surface area contributed by atoms with Crippen LogP contribution < -0.4 is 0 Å². The topological polar surface area (TPSA) is 186 Å². The molecule has 0 spiro atoms. The number of aliphatic hydroxyl groups is 3. The van der Waals surface area contributed by atoms with Crippen LogP contribution in [0.15, 0.2) is 24.3 Å². The van der Waals surface area contributed by atoms with Crippen molar-refractivity contribution in [1.82, 2.24) is 0 Å². The average molecular weight is 791 g/mol. The van der Waals surface area contributed by atoms with Crippen molar-refractivity contribution >= 4 is 22.1 Å². The largest absolute Gasteiger partial charge is 0.462 e. The highest BCUT2D eigenvalue weighted by Gasteiger charge is 2.46. The molecule has 6 atom stereocenters. The van der Waals surface area contributed by atoms with E-state index < -0.39 is 71.2 Å². The SMILES string of the molecule is CCCCCCCCCCCCC/C=C/C=C/C(=O)O[C@H](COC(=O)CCCCCCCCCCCCC)CO[C@H]1O[C@H](CS(=O)(=O)O)[C@@H](O)C(O)C1O. The van der Waals surface area contributed by atoms with Crippen molar-refractivity contribution in [2.45, 2.75) is 205 Å². The zero-order valence-electron chi connectivity index (χ0n) is 33.3. The number of rotatable bonds is 34. The van der Waals surface area contributed by atoms with E-state index in [9.17, 15) is 37.9 Å². The van der Waals surface area contributed by atoms with Gasteiger partial charge in [0.2, 0.25) is 0 Å². The molecule has 0 aromatic heterocycles. The lowest BCUT2D eigenvalue weighted by Gasteiger charge is -2.40. The van der Waals surface area contributed by atoms with Crippen LogP contribution >= 0.6 is 0 Å². The molecule has 13 heteroatoms. The summed E-state index contributed by atoms with van der Waals surface area (Å²) in [5.41, 5.74) is 0. The maximum atomic E-state index is 12.6. The minimum atomic E-state index is -4.61. The second-order valence-electron chi connectivity index (χ2n) is 14.7. The first kappa shape index (κ1) is 50.1. The van der Waals surface area contributed by atoms with Gasteiger partial charge >= 0.3 is 11.9 Å². The fourth-order valence-corrected chi connectivity index (χ4v) is 7.04. The van der Waals surface area contributed by atoms with Crippen LogP contribution in [0.1, 0.15) is 168 Å². The quantitative estimate of drug-likeness (QED) is 0.0164. The van der Waals surface area contributed by atoms with Crippen LogP contribution in [-0.4, -0.2) is 96.0 Å². The number of hydrogen-bond donors (Lipinski definition) is 4. The number of unbranched alkanes of at least 4 members (excludes halogenated alkanes) is 21. The number of allylic oxidation sites excluding steroid dienone is 3. The van der Waals surface area contributed by atoms with E-state index in [1.807, 2.05) is 6.08 Å². The standard InChI is InChI=1S/C41H74O12S/c1-3-5-7-9-11-13-15-16-17-18-20-22-24-26-28-30-37(43)52-34(31-50-36(42)29-27-25-23-21-19-14-12-10-8-6-4-2)32-51-41-40(46)39(45)38(44)35(53-41)33-54(47,48)49/h24,26,28,30,34-35,38-41,44-46H,3-23,25,27,29,31-33H2,1-2H3,(H,47,48,49)/b26-24+,30-28+/t34-,35-,38-,39?,40?,41+/m1/s1. The van der Waals surface area contributed by atoms with Gasteiger partial charge in [-0.3, -0.25) is 9.35 Å². The number of esters is 2. The van der Waals surface area contributed by atoms with E-state index in [2.05, 4.69) is 13.8 Å². The van der Waals surface area contributed by atoms with Gasteiger partial charge < -0.3 is 34.3 Å². The van der Waals surface area contributed by atoms with Crippen molar-refractivity contribution in [3.8, 4) is 0 Å². The lowest BCUT2D eigenvalue weighted by Crippen LogP contribution is -2.60. The molecule has 1 aliphatic heterocycles. The maximum Gasteiger partial charge on any atom is 0.331 e. The van der Waals surface area contributed by atoms with Crippen LogP contribution in [0.5, 0.6) is 0 Å². The molecule has 0 saturated carbocycles. The first-order chi connectivity index (χ1) is 26.0. The highest BCUT2D eigenvalue weighted by Crippen LogP contribution is 2.24. The monoisotopic (exact) mass is 790 g/mol. The smallest absolute Gasteiger partial charge is 0.331 e. The number of aliphatic hydroxyl groups excluding tert-OH is 3. The minimum Gasteiger partial charge on any atom is -0.462 e. The van der Waals surface area contributed by atoms with Gasteiger partial charge in [0.1, 0.15) is 36.8 Å². The predicted molar refractivity (Wildman–Crippen MR) is 210 cm³/mol. The van der Waals surface area contributed by atoms with Crippen molar-refractivity contribution in [2.24, 2.45) is 0 Å². The number of ether oxygens (including phenoxy) is 4. The fourth-order valence-electron chi connectivity index (χ4n) is 6.35. The van der Waals surface area contributed by atoms with Crippen LogP contribution in [0.3, 0.4) is 0 Å². The molecule has 1 aliphatic rings. The van der Waals surface area contributed by atoms with Gasteiger partial charge in [-0.15, -0.1) is 0 Å². The van der Waals surface area contributed by atoms with E-state index in [1.54, 1.807) is 12.2 Å². The van der Waals surface area contributed by atoms with Gasteiger partial charge in [0.05, 0.1) is 6.61 Å². The van der Waals surface area contributed by atoms with Crippen molar-refractivity contribution in [2.75, 3.05) is 19.0 Å². The van der Waals surface area contributed by atoms with E-state index in [1.165, 1.54) is 109 Å². The van der Waals surface area contributed by atoms with Gasteiger partial charge in [0.15, 0.2) is 12.4 Å². The summed E-state index contributed by atoms with van der Waals surface area (Å²) in [5.74, 6) is -2.24. The van der Waals surface area contributed by atoms with Crippen molar-refractivity contribution in [3.63, 3.8) is 0 Å². The van der Waals surface area contributed by atoms with E-state index in [-0.39, 0.29) is 13.0 Å². The molecule has 1 fully saturated rings. The highest BCUT2D eigenvalue weighted by atomic mass is 32.2. The van der Waals surface area contributed by atoms with E-state index in [0.29, 0.717) is 6.42 Å². The first-order valence-corrected chi connectivity index (χ1v) is 22.5. The molecule has 0 amide bonds. The van der Waals surface area contributed by atoms with Crippen LogP contribution in [-0.2, 0) is 38.7 Å². The van der Waals surface area contributed by atoms with E-state index in [4.69, 9.17) is 18.9 Å². The molecule has 1 rings (SSSR count). The molecule has 0 aromatic carbocycles. The Morgan fingerprint density at radius 3 is 1.69 bits per heavy atom. The third-order valence-corrected chi connectivity index (χ3v) is 10.4. The minimum absolute atomic E-state index is 0.203. The average Bonchev–Trinajstić information content (AvgIpc) is 3.13. The third-order valence-electron chi connectivity index (χ3n) is 9.64. The van der Waals surface area contributed by atoms with Crippen molar-refractivity contribution < 1.29 is 56.8 Å². The number of carbonyl (C=O) groups excluding carboxylic acids is 2. The second kappa shape index (κ2) is 32.2. The van der Waals surface area contributed by atoms with Crippen LogP contribution in [0.25, 0.3) is 0 Å².